The number of carbonyl (C=O) groups is 2. The first-order valence-electron chi connectivity index (χ1n) is 7.07. The number of hydrogen-bond donors (Lipinski definition) is 1. The summed E-state index contributed by atoms with van der Waals surface area (Å²) in [6.45, 7) is 1.48. The first-order chi connectivity index (χ1) is 9.56. The van der Waals surface area contributed by atoms with Gasteiger partial charge in [0.1, 0.15) is 12.2 Å². The first kappa shape index (κ1) is 13.0. The van der Waals surface area contributed by atoms with Gasteiger partial charge in [0, 0.05) is 32.4 Å². The van der Waals surface area contributed by atoms with Crippen LogP contribution in [0.4, 0.5) is 5.69 Å². The summed E-state index contributed by atoms with van der Waals surface area (Å²) in [7, 11) is 1.78. The predicted octanol–water partition coefficient (Wildman–Crippen LogP) is 0.709. The van der Waals surface area contributed by atoms with E-state index < -0.39 is 0 Å². The lowest BCUT2D eigenvalue weighted by atomic mass is 10.3. The van der Waals surface area contributed by atoms with Crippen LogP contribution in [-0.4, -0.2) is 52.9 Å². The molecule has 0 aromatic carbocycles. The Bertz CT molecular complexity index is 547. The average molecular weight is 276 g/mol. The molecule has 0 unspecified atom stereocenters. The summed E-state index contributed by atoms with van der Waals surface area (Å²) in [6.07, 6.45) is 4.83. The van der Waals surface area contributed by atoms with Crippen molar-refractivity contribution >= 4 is 17.5 Å². The summed E-state index contributed by atoms with van der Waals surface area (Å²) in [5, 5.41) is 0. The van der Waals surface area contributed by atoms with Gasteiger partial charge < -0.3 is 20.1 Å². The Morgan fingerprint density at radius 3 is 2.80 bits per heavy atom. The number of hydrogen-bond acceptors (Lipinski definition) is 3. The highest BCUT2D eigenvalue weighted by Gasteiger charge is 2.31. The zero-order valence-electron chi connectivity index (χ0n) is 11.7. The van der Waals surface area contributed by atoms with Crippen molar-refractivity contribution in [3.63, 3.8) is 0 Å². The number of nitrogen functional groups attached to an aromatic ring is 1. The SMILES string of the molecule is CN1CCCN(C(=O)c2cc(N)cn2C2CC2)CC1=O. The summed E-state index contributed by atoms with van der Waals surface area (Å²) in [5.41, 5.74) is 7.05. The fourth-order valence-corrected chi connectivity index (χ4v) is 2.65. The highest BCUT2D eigenvalue weighted by Crippen LogP contribution is 2.37. The van der Waals surface area contributed by atoms with Gasteiger partial charge in [-0.15, -0.1) is 0 Å². The van der Waals surface area contributed by atoms with Gasteiger partial charge in [0.05, 0.1) is 5.69 Å². The van der Waals surface area contributed by atoms with Gasteiger partial charge in [0.2, 0.25) is 5.91 Å². The molecule has 1 aromatic rings. The number of nitrogens with zero attached hydrogens (tertiary/aromatic N) is 3. The molecule has 20 heavy (non-hydrogen) atoms. The van der Waals surface area contributed by atoms with Gasteiger partial charge in [-0.05, 0) is 25.3 Å². The second-order valence-corrected chi connectivity index (χ2v) is 5.69. The van der Waals surface area contributed by atoms with Crippen molar-refractivity contribution in [2.75, 3.05) is 32.4 Å². The maximum Gasteiger partial charge on any atom is 0.271 e. The van der Waals surface area contributed by atoms with Crippen molar-refractivity contribution in [1.29, 1.82) is 0 Å². The van der Waals surface area contributed by atoms with Crippen LogP contribution in [0, 0.1) is 0 Å². The van der Waals surface area contributed by atoms with Crippen LogP contribution in [0.3, 0.4) is 0 Å². The van der Waals surface area contributed by atoms with Crippen LogP contribution in [0.1, 0.15) is 35.8 Å². The second-order valence-electron chi connectivity index (χ2n) is 5.69. The van der Waals surface area contributed by atoms with E-state index in [1.54, 1.807) is 22.9 Å². The summed E-state index contributed by atoms with van der Waals surface area (Å²) in [4.78, 5) is 27.9. The molecule has 0 bridgehead atoms. The molecule has 0 atom stereocenters. The molecular formula is C14H20N4O2. The smallest absolute Gasteiger partial charge is 0.271 e. The summed E-state index contributed by atoms with van der Waals surface area (Å²) < 4.78 is 1.97. The Morgan fingerprint density at radius 1 is 1.35 bits per heavy atom. The van der Waals surface area contributed by atoms with Gasteiger partial charge in [-0.1, -0.05) is 0 Å². The molecule has 1 aliphatic carbocycles. The molecule has 1 saturated carbocycles. The van der Waals surface area contributed by atoms with Crippen molar-refractivity contribution in [2.24, 2.45) is 0 Å². The third-order valence-electron chi connectivity index (χ3n) is 3.99. The molecule has 2 fully saturated rings. The van der Waals surface area contributed by atoms with Crippen LogP contribution in [0.25, 0.3) is 0 Å². The van der Waals surface area contributed by atoms with E-state index in [9.17, 15) is 9.59 Å². The van der Waals surface area contributed by atoms with Crippen LogP contribution in [0.5, 0.6) is 0 Å². The normalized spacial score (nSPS) is 20.1. The number of likely N-dealkylation sites (N-methyl/N-ethyl adjacent to an activating group) is 1. The van der Waals surface area contributed by atoms with Crippen LogP contribution < -0.4 is 5.73 Å². The molecule has 108 valence electrons. The number of anilines is 1. The molecular weight excluding hydrogens is 256 g/mol. The van der Waals surface area contributed by atoms with Gasteiger partial charge in [0.15, 0.2) is 0 Å². The van der Waals surface area contributed by atoms with E-state index in [0.717, 1.165) is 19.3 Å². The maximum atomic E-state index is 12.6. The number of aromatic nitrogens is 1. The van der Waals surface area contributed by atoms with Crippen LogP contribution in [0.2, 0.25) is 0 Å². The van der Waals surface area contributed by atoms with E-state index in [4.69, 9.17) is 5.73 Å². The molecule has 1 aromatic heterocycles. The minimum Gasteiger partial charge on any atom is -0.397 e. The van der Waals surface area contributed by atoms with Crippen molar-refractivity contribution in [3.05, 3.63) is 18.0 Å². The van der Waals surface area contributed by atoms with E-state index in [1.165, 1.54) is 0 Å². The Labute approximate surface area is 118 Å². The highest BCUT2D eigenvalue weighted by atomic mass is 16.2. The zero-order chi connectivity index (χ0) is 14.3. The number of rotatable bonds is 2. The number of carbonyl (C=O) groups excluding carboxylic acids is 2. The molecule has 6 nitrogen and oxygen atoms in total. The fourth-order valence-electron chi connectivity index (χ4n) is 2.65. The monoisotopic (exact) mass is 276 g/mol. The van der Waals surface area contributed by atoms with E-state index in [2.05, 4.69) is 0 Å². The minimum absolute atomic E-state index is 0.00616. The molecule has 6 heteroatoms. The summed E-state index contributed by atoms with van der Waals surface area (Å²) >= 11 is 0. The van der Waals surface area contributed by atoms with E-state index in [1.807, 2.05) is 10.8 Å². The third-order valence-corrected chi connectivity index (χ3v) is 3.99. The molecule has 2 heterocycles. The molecule has 3 rings (SSSR count). The van der Waals surface area contributed by atoms with Gasteiger partial charge in [0.25, 0.3) is 5.91 Å². The first-order valence-corrected chi connectivity index (χ1v) is 7.07. The highest BCUT2D eigenvalue weighted by molar-refractivity contribution is 5.96. The van der Waals surface area contributed by atoms with Crippen molar-refractivity contribution in [1.82, 2.24) is 14.4 Å². The number of nitrogens with two attached hydrogens (primary N) is 1. The summed E-state index contributed by atoms with van der Waals surface area (Å²) in [6, 6.07) is 2.12. The predicted molar refractivity (Wildman–Crippen MR) is 75.3 cm³/mol. The Morgan fingerprint density at radius 2 is 2.10 bits per heavy atom. The van der Waals surface area contributed by atoms with E-state index in [0.29, 0.717) is 30.5 Å². The lowest BCUT2D eigenvalue weighted by molar-refractivity contribution is -0.129. The Balaban J connectivity index is 1.83. The van der Waals surface area contributed by atoms with Gasteiger partial charge >= 0.3 is 0 Å². The quantitative estimate of drug-likeness (QED) is 0.864. The van der Waals surface area contributed by atoms with Crippen molar-refractivity contribution in [2.45, 2.75) is 25.3 Å². The van der Waals surface area contributed by atoms with Crippen LogP contribution >= 0.6 is 0 Å². The largest absolute Gasteiger partial charge is 0.397 e. The molecule has 2 N–H and O–H groups in total. The summed E-state index contributed by atoms with van der Waals surface area (Å²) in [5.74, 6) is -0.0920. The third kappa shape index (κ3) is 2.37. The standard InChI is InChI=1S/C14H20N4O2/c1-16-5-2-6-17(9-13(16)19)14(20)12-7-10(15)8-18(12)11-3-4-11/h7-8,11H,2-6,9,15H2,1H3. The topological polar surface area (TPSA) is 71.6 Å². The molecule has 1 aliphatic heterocycles. The average Bonchev–Trinajstić information content (AvgIpc) is 3.20. The molecule has 2 amide bonds. The molecule has 2 aliphatic rings. The molecule has 0 radical (unpaired) electrons. The lowest BCUT2D eigenvalue weighted by Gasteiger charge is -2.20. The molecule has 0 spiro atoms. The van der Waals surface area contributed by atoms with Crippen molar-refractivity contribution < 1.29 is 9.59 Å². The van der Waals surface area contributed by atoms with Gasteiger partial charge in [-0.2, -0.15) is 0 Å². The minimum atomic E-state index is -0.0859. The van der Waals surface area contributed by atoms with E-state index >= 15 is 0 Å². The Kier molecular flexibility index (Phi) is 3.16. The van der Waals surface area contributed by atoms with Crippen LogP contribution in [0.15, 0.2) is 12.3 Å². The lowest BCUT2D eigenvalue weighted by Crippen LogP contribution is -2.38. The van der Waals surface area contributed by atoms with Crippen molar-refractivity contribution in [3.8, 4) is 0 Å². The second kappa shape index (κ2) is 4.85. The van der Waals surface area contributed by atoms with Crippen LogP contribution in [-0.2, 0) is 4.79 Å². The fraction of sp³-hybridized carbons (Fsp3) is 0.571. The molecule has 1 saturated heterocycles. The van der Waals surface area contributed by atoms with Gasteiger partial charge in [-0.25, -0.2) is 0 Å². The number of amides is 2. The van der Waals surface area contributed by atoms with E-state index in [-0.39, 0.29) is 18.4 Å². The zero-order valence-corrected chi connectivity index (χ0v) is 11.7. The van der Waals surface area contributed by atoms with Gasteiger partial charge in [-0.3, -0.25) is 9.59 Å². The maximum absolute atomic E-state index is 12.6. The Hall–Kier alpha value is -1.98.